The molecule has 1 unspecified atom stereocenters. The molecule has 0 radical (unpaired) electrons. The summed E-state index contributed by atoms with van der Waals surface area (Å²) in [6.07, 6.45) is 2.19. The number of nitrogens with one attached hydrogen (secondary N) is 1. The minimum atomic E-state index is 0.602. The topological polar surface area (TPSA) is 12.0 Å². The summed E-state index contributed by atoms with van der Waals surface area (Å²) >= 11 is 12.4. The van der Waals surface area contributed by atoms with Crippen LogP contribution in [0.15, 0.2) is 18.2 Å². The Hall–Kier alpha value is -0.240. The van der Waals surface area contributed by atoms with E-state index in [0.29, 0.717) is 17.8 Å². The lowest BCUT2D eigenvalue weighted by atomic mass is 9.90. The molecule has 0 saturated carbocycles. The molecule has 0 aliphatic heterocycles. The van der Waals surface area contributed by atoms with Crippen LogP contribution in [0.3, 0.4) is 0 Å². The normalized spacial score (nSPS) is 13.2. The summed E-state index contributed by atoms with van der Waals surface area (Å²) < 4.78 is 0. The maximum Gasteiger partial charge on any atom is 0.0439 e. The number of hydrogen-bond donors (Lipinski definition) is 1. The monoisotopic (exact) mass is 315 g/mol. The quantitative estimate of drug-likeness (QED) is 0.673. The summed E-state index contributed by atoms with van der Waals surface area (Å²) in [5, 5.41) is 5.16. The third-order valence-electron chi connectivity index (χ3n) is 3.31. The molecule has 0 aromatic heterocycles. The van der Waals surface area contributed by atoms with Gasteiger partial charge in [-0.2, -0.15) is 0 Å². The van der Waals surface area contributed by atoms with Crippen LogP contribution in [-0.4, -0.2) is 13.1 Å². The van der Waals surface area contributed by atoms with Gasteiger partial charge in [0.25, 0.3) is 0 Å². The van der Waals surface area contributed by atoms with E-state index < -0.39 is 0 Å². The summed E-state index contributed by atoms with van der Waals surface area (Å²) in [5.41, 5.74) is 1.16. The summed E-state index contributed by atoms with van der Waals surface area (Å²) in [6, 6.07) is 5.74. The highest BCUT2D eigenvalue weighted by Gasteiger charge is 2.14. The molecule has 1 aromatic rings. The van der Waals surface area contributed by atoms with Gasteiger partial charge in [0.15, 0.2) is 0 Å². The van der Waals surface area contributed by atoms with E-state index >= 15 is 0 Å². The van der Waals surface area contributed by atoms with Gasteiger partial charge in [0.05, 0.1) is 0 Å². The van der Waals surface area contributed by atoms with Gasteiger partial charge in [0.2, 0.25) is 0 Å². The maximum absolute atomic E-state index is 6.28. The second-order valence-corrected chi connectivity index (χ2v) is 7.33. The van der Waals surface area contributed by atoms with E-state index in [1.54, 1.807) is 0 Å². The molecule has 0 bridgehead atoms. The first-order valence-corrected chi connectivity index (χ1v) is 8.28. The molecular weight excluding hydrogens is 289 g/mol. The summed E-state index contributed by atoms with van der Waals surface area (Å²) in [5.74, 6) is 1.98. The molecule has 0 aliphatic carbocycles. The Bertz CT molecular complexity index is 402. The van der Waals surface area contributed by atoms with Crippen molar-refractivity contribution in [2.75, 3.05) is 13.1 Å². The minimum Gasteiger partial charge on any atom is -0.316 e. The molecule has 1 nitrogen and oxygen atoms in total. The zero-order valence-electron chi connectivity index (χ0n) is 13.0. The number of rotatable bonds is 8. The molecule has 20 heavy (non-hydrogen) atoms. The summed E-state index contributed by atoms with van der Waals surface area (Å²) in [6.45, 7) is 11.1. The molecule has 0 saturated heterocycles. The van der Waals surface area contributed by atoms with Crippen LogP contribution in [0.4, 0.5) is 0 Å². The van der Waals surface area contributed by atoms with E-state index in [9.17, 15) is 0 Å². The van der Waals surface area contributed by atoms with Crippen molar-refractivity contribution in [1.82, 2.24) is 5.32 Å². The zero-order valence-corrected chi connectivity index (χ0v) is 14.6. The molecule has 1 aromatic carbocycles. The fraction of sp³-hybridized carbons (Fsp3) is 0.647. The number of benzene rings is 1. The number of hydrogen-bond acceptors (Lipinski definition) is 1. The SMILES string of the molecule is CC(C)CNCC(Cc1cc(Cl)ccc1Cl)CC(C)C. The highest BCUT2D eigenvalue weighted by molar-refractivity contribution is 6.33. The van der Waals surface area contributed by atoms with Crippen molar-refractivity contribution in [2.24, 2.45) is 17.8 Å². The van der Waals surface area contributed by atoms with Gasteiger partial charge in [0, 0.05) is 10.0 Å². The fourth-order valence-corrected chi connectivity index (χ4v) is 2.88. The van der Waals surface area contributed by atoms with Crippen molar-refractivity contribution in [3.8, 4) is 0 Å². The second kappa shape index (κ2) is 8.92. The first-order valence-electron chi connectivity index (χ1n) is 7.53. The van der Waals surface area contributed by atoms with Crippen LogP contribution < -0.4 is 5.32 Å². The average molecular weight is 316 g/mol. The van der Waals surface area contributed by atoms with Gasteiger partial charge in [-0.05, 0) is 67.4 Å². The molecule has 114 valence electrons. The van der Waals surface area contributed by atoms with E-state index in [-0.39, 0.29) is 0 Å². The van der Waals surface area contributed by atoms with E-state index in [1.807, 2.05) is 18.2 Å². The van der Waals surface area contributed by atoms with Crippen molar-refractivity contribution in [3.63, 3.8) is 0 Å². The Balaban J connectivity index is 2.65. The smallest absolute Gasteiger partial charge is 0.0439 e. The van der Waals surface area contributed by atoms with Crippen LogP contribution in [0.1, 0.15) is 39.7 Å². The van der Waals surface area contributed by atoms with Crippen LogP contribution in [0.25, 0.3) is 0 Å². The number of halogens is 2. The zero-order chi connectivity index (χ0) is 15.1. The molecule has 1 atom stereocenters. The van der Waals surface area contributed by atoms with Crippen molar-refractivity contribution >= 4 is 23.2 Å². The Kier molecular flexibility index (Phi) is 7.94. The van der Waals surface area contributed by atoms with Gasteiger partial charge in [-0.1, -0.05) is 50.9 Å². The van der Waals surface area contributed by atoms with Gasteiger partial charge >= 0.3 is 0 Å². The van der Waals surface area contributed by atoms with Crippen LogP contribution in [0.2, 0.25) is 10.0 Å². The van der Waals surface area contributed by atoms with Gasteiger partial charge < -0.3 is 5.32 Å². The minimum absolute atomic E-state index is 0.602. The molecule has 1 N–H and O–H groups in total. The van der Waals surface area contributed by atoms with E-state index in [0.717, 1.165) is 35.1 Å². The lowest BCUT2D eigenvalue weighted by Gasteiger charge is -2.21. The predicted octanol–water partition coefficient (Wildman–Crippen LogP) is 5.44. The Morgan fingerprint density at radius 2 is 1.70 bits per heavy atom. The first kappa shape index (κ1) is 17.8. The molecule has 1 rings (SSSR count). The predicted molar refractivity (Wildman–Crippen MR) is 90.8 cm³/mol. The van der Waals surface area contributed by atoms with Gasteiger partial charge in [-0.15, -0.1) is 0 Å². The van der Waals surface area contributed by atoms with E-state index in [2.05, 4.69) is 33.0 Å². The third kappa shape index (κ3) is 6.97. The molecular formula is C17H27Cl2N. The molecule has 0 heterocycles. The standard InChI is InChI=1S/C17H27Cl2N/c1-12(2)7-14(11-20-10-13(3)4)8-15-9-16(18)5-6-17(15)19/h5-6,9,12-14,20H,7-8,10-11H2,1-4H3. The Morgan fingerprint density at radius 3 is 2.30 bits per heavy atom. The van der Waals surface area contributed by atoms with Gasteiger partial charge in [0.1, 0.15) is 0 Å². The molecule has 0 aliphatic rings. The first-order chi connectivity index (χ1) is 9.38. The average Bonchev–Trinajstić information content (AvgIpc) is 2.32. The Labute approximate surface area is 134 Å². The van der Waals surface area contributed by atoms with Crippen molar-refractivity contribution in [1.29, 1.82) is 0 Å². The highest BCUT2D eigenvalue weighted by Crippen LogP contribution is 2.25. The van der Waals surface area contributed by atoms with E-state index in [1.165, 1.54) is 6.42 Å². The molecule has 0 amide bonds. The van der Waals surface area contributed by atoms with Crippen LogP contribution in [0.5, 0.6) is 0 Å². The van der Waals surface area contributed by atoms with Gasteiger partial charge in [-0.25, -0.2) is 0 Å². The summed E-state index contributed by atoms with van der Waals surface area (Å²) in [4.78, 5) is 0. The molecule has 3 heteroatoms. The summed E-state index contributed by atoms with van der Waals surface area (Å²) in [7, 11) is 0. The van der Waals surface area contributed by atoms with Gasteiger partial charge in [-0.3, -0.25) is 0 Å². The van der Waals surface area contributed by atoms with Crippen molar-refractivity contribution < 1.29 is 0 Å². The highest BCUT2D eigenvalue weighted by atomic mass is 35.5. The van der Waals surface area contributed by atoms with Crippen molar-refractivity contribution in [2.45, 2.75) is 40.5 Å². The third-order valence-corrected chi connectivity index (χ3v) is 3.91. The van der Waals surface area contributed by atoms with Crippen molar-refractivity contribution in [3.05, 3.63) is 33.8 Å². The largest absolute Gasteiger partial charge is 0.316 e. The van der Waals surface area contributed by atoms with Crippen LogP contribution in [0, 0.1) is 17.8 Å². The van der Waals surface area contributed by atoms with Crippen LogP contribution >= 0.6 is 23.2 Å². The molecule has 0 fully saturated rings. The fourth-order valence-electron chi connectivity index (χ4n) is 2.49. The van der Waals surface area contributed by atoms with Crippen LogP contribution in [-0.2, 0) is 6.42 Å². The lowest BCUT2D eigenvalue weighted by molar-refractivity contribution is 0.376. The Morgan fingerprint density at radius 1 is 1.00 bits per heavy atom. The lowest BCUT2D eigenvalue weighted by Crippen LogP contribution is -2.28. The molecule has 0 spiro atoms. The second-order valence-electron chi connectivity index (χ2n) is 6.49. The maximum atomic E-state index is 6.28. The van der Waals surface area contributed by atoms with E-state index in [4.69, 9.17) is 23.2 Å².